The molecule has 0 aliphatic heterocycles. The summed E-state index contributed by atoms with van der Waals surface area (Å²) in [6, 6.07) is 3.05. The van der Waals surface area contributed by atoms with Crippen molar-refractivity contribution in [1.29, 1.82) is 0 Å². The van der Waals surface area contributed by atoms with Crippen molar-refractivity contribution in [2.24, 2.45) is 0 Å². The average Bonchev–Trinajstić information content (AvgIpc) is 2.75. The van der Waals surface area contributed by atoms with Crippen LogP contribution >= 0.6 is 0 Å². The molecule has 0 spiro atoms. The van der Waals surface area contributed by atoms with Crippen LogP contribution in [0.4, 0.5) is 4.79 Å². The van der Waals surface area contributed by atoms with Gasteiger partial charge in [-0.1, -0.05) is 57.2 Å². The molecule has 0 fully saturated rings. The molecule has 0 aliphatic carbocycles. The van der Waals surface area contributed by atoms with Gasteiger partial charge in [0.2, 0.25) is 11.8 Å². The molecule has 0 bridgehead atoms. The first-order valence-corrected chi connectivity index (χ1v) is 13.2. The lowest BCUT2D eigenvalue weighted by Gasteiger charge is -2.34. The molecule has 36 heavy (non-hydrogen) atoms. The zero-order valence-electron chi connectivity index (χ0n) is 23.4. The Balaban J connectivity index is 3.32. The lowest BCUT2D eigenvalue weighted by atomic mass is 9.98. The number of aromatic hydroxyl groups is 1. The third kappa shape index (κ3) is 10.5. The zero-order chi connectivity index (χ0) is 27.5. The van der Waals surface area contributed by atoms with Crippen molar-refractivity contribution in [3.63, 3.8) is 0 Å². The van der Waals surface area contributed by atoms with Crippen molar-refractivity contribution in [3.8, 4) is 5.75 Å². The highest BCUT2D eigenvalue weighted by molar-refractivity contribution is 5.92. The summed E-state index contributed by atoms with van der Waals surface area (Å²) in [5, 5.41) is 16.4. The molecule has 8 heteroatoms. The Kier molecular flexibility index (Phi) is 12.8. The van der Waals surface area contributed by atoms with Crippen LogP contribution in [0.3, 0.4) is 0 Å². The topological polar surface area (TPSA) is 108 Å². The van der Waals surface area contributed by atoms with E-state index in [1.54, 1.807) is 52.8 Å². The summed E-state index contributed by atoms with van der Waals surface area (Å²) in [5.74, 6) is -0.816. The Morgan fingerprint density at radius 2 is 1.61 bits per heavy atom. The zero-order valence-corrected chi connectivity index (χ0v) is 23.4. The van der Waals surface area contributed by atoms with Crippen molar-refractivity contribution >= 4 is 17.9 Å². The monoisotopic (exact) mass is 505 g/mol. The second-order valence-corrected chi connectivity index (χ2v) is 10.7. The number of hydrogen-bond donors (Lipinski definition) is 3. The van der Waals surface area contributed by atoms with Gasteiger partial charge in [0.25, 0.3) is 0 Å². The van der Waals surface area contributed by atoms with Crippen LogP contribution in [0, 0.1) is 6.92 Å². The summed E-state index contributed by atoms with van der Waals surface area (Å²) in [5.41, 5.74) is 0.261. The summed E-state index contributed by atoms with van der Waals surface area (Å²) in [6.07, 6.45) is 5.38. The number of para-hydroxylation sites is 1. The fourth-order valence-corrected chi connectivity index (χ4v) is 3.94. The van der Waals surface area contributed by atoms with Gasteiger partial charge >= 0.3 is 6.09 Å². The summed E-state index contributed by atoms with van der Waals surface area (Å²) >= 11 is 0. The van der Waals surface area contributed by atoms with Crippen molar-refractivity contribution in [1.82, 2.24) is 15.5 Å². The van der Waals surface area contributed by atoms with Crippen molar-refractivity contribution < 1.29 is 24.2 Å². The van der Waals surface area contributed by atoms with Crippen LogP contribution in [0.2, 0.25) is 0 Å². The summed E-state index contributed by atoms with van der Waals surface area (Å²) in [6.45, 7) is 14.7. The van der Waals surface area contributed by atoms with Gasteiger partial charge in [-0.05, 0) is 60.5 Å². The molecule has 0 radical (unpaired) electrons. The number of hydrogen-bond acceptors (Lipinski definition) is 5. The van der Waals surface area contributed by atoms with E-state index in [1.165, 1.54) is 4.90 Å². The average molecular weight is 506 g/mol. The maximum Gasteiger partial charge on any atom is 0.408 e. The van der Waals surface area contributed by atoms with Crippen molar-refractivity contribution in [3.05, 3.63) is 29.3 Å². The Morgan fingerprint density at radius 3 is 2.19 bits per heavy atom. The predicted octanol–water partition coefficient (Wildman–Crippen LogP) is 5.37. The molecule has 0 saturated heterocycles. The molecule has 1 rings (SSSR count). The fraction of sp³-hybridized carbons (Fsp3) is 0.679. The third-order valence-electron chi connectivity index (χ3n) is 5.69. The number of carbonyl (C=O) groups excluding carboxylic acids is 3. The van der Waals surface area contributed by atoms with E-state index in [-0.39, 0.29) is 17.7 Å². The summed E-state index contributed by atoms with van der Waals surface area (Å²) < 4.78 is 5.31. The van der Waals surface area contributed by atoms with Gasteiger partial charge in [0, 0.05) is 18.2 Å². The Labute approximate surface area is 217 Å². The molecule has 204 valence electrons. The minimum Gasteiger partial charge on any atom is -0.507 e. The predicted molar refractivity (Wildman–Crippen MR) is 143 cm³/mol. The van der Waals surface area contributed by atoms with Crippen LogP contribution in [-0.4, -0.2) is 52.1 Å². The standard InChI is InChI=1S/C28H47N3O5/c1-9-10-11-12-13-14-18-31(26(34)21(5)30-27(35)36-28(6,7)8)23(25(33)29-19(2)3)22-17-15-16-20(4)24(22)32/h15-17,19,21,23,32H,9-14,18H2,1-8H3,(H,29,33)(H,30,35). The van der Waals surface area contributed by atoms with Crippen LogP contribution in [0.5, 0.6) is 5.75 Å². The number of benzene rings is 1. The number of alkyl carbamates (subject to hydrolysis) is 1. The molecule has 1 aromatic carbocycles. The van der Waals surface area contributed by atoms with Gasteiger partial charge in [0.15, 0.2) is 0 Å². The number of rotatable bonds is 13. The molecule has 0 aliphatic rings. The van der Waals surface area contributed by atoms with E-state index >= 15 is 0 Å². The number of phenolic OH excluding ortho intramolecular Hbond substituents is 1. The number of aryl methyl sites for hydroxylation is 1. The minimum absolute atomic E-state index is 0.0186. The van der Waals surface area contributed by atoms with E-state index in [4.69, 9.17) is 4.74 Å². The maximum absolute atomic E-state index is 13.7. The molecule has 0 heterocycles. The largest absolute Gasteiger partial charge is 0.507 e. The Morgan fingerprint density at radius 1 is 1.00 bits per heavy atom. The quantitative estimate of drug-likeness (QED) is 0.312. The van der Waals surface area contributed by atoms with E-state index in [1.807, 2.05) is 13.8 Å². The van der Waals surface area contributed by atoms with Gasteiger partial charge in [0.05, 0.1) is 0 Å². The van der Waals surface area contributed by atoms with E-state index in [2.05, 4.69) is 17.6 Å². The number of carbonyl (C=O) groups is 3. The summed E-state index contributed by atoms with van der Waals surface area (Å²) in [7, 11) is 0. The Bertz CT molecular complexity index is 863. The molecule has 0 aromatic heterocycles. The van der Waals surface area contributed by atoms with Crippen molar-refractivity contribution in [2.45, 2.75) is 118 Å². The molecule has 0 saturated carbocycles. The number of amides is 3. The van der Waals surface area contributed by atoms with Crippen LogP contribution < -0.4 is 10.6 Å². The van der Waals surface area contributed by atoms with Gasteiger partial charge in [-0.3, -0.25) is 9.59 Å². The van der Waals surface area contributed by atoms with Gasteiger partial charge in [-0.15, -0.1) is 0 Å². The number of ether oxygens (including phenoxy) is 1. The first-order chi connectivity index (χ1) is 16.8. The molecule has 1 aromatic rings. The van der Waals surface area contributed by atoms with Crippen LogP contribution in [0.25, 0.3) is 0 Å². The first kappa shape index (κ1) is 31.3. The van der Waals surface area contributed by atoms with Gasteiger partial charge in [0.1, 0.15) is 23.4 Å². The SMILES string of the molecule is CCCCCCCCN(C(=O)C(C)NC(=O)OC(C)(C)C)C(C(=O)NC(C)C)c1cccc(C)c1O. The molecule has 3 N–H and O–H groups in total. The lowest BCUT2D eigenvalue weighted by Crippen LogP contribution is -2.52. The second kappa shape index (κ2) is 14.7. The van der Waals surface area contributed by atoms with E-state index in [0.717, 1.165) is 32.1 Å². The van der Waals surface area contributed by atoms with Crippen LogP contribution in [0.15, 0.2) is 18.2 Å². The first-order valence-electron chi connectivity index (χ1n) is 13.2. The van der Waals surface area contributed by atoms with Gasteiger partial charge in [-0.25, -0.2) is 4.79 Å². The lowest BCUT2D eigenvalue weighted by molar-refractivity contribution is -0.142. The maximum atomic E-state index is 13.7. The number of nitrogens with zero attached hydrogens (tertiary/aromatic N) is 1. The number of nitrogens with one attached hydrogen (secondary N) is 2. The van der Waals surface area contributed by atoms with Crippen molar-refractivity contribution in [2.75, 3.05) is 6.54 Å². The number of phenols is 1. The molecule has 3 amide bonds. The van der Waals surface area contributed by atoms with E-state index < -0.39 is 29.7 Å². The molecular weight excluding hydrogens is 458 g/mol. The highest BCUT2D eigenvalue weighted by Gasteiger charge is 2.36. The number of unbranched alkanes of at least 4 members (excludes halogenated alkanes) is 5. The third-order valence-corrected chi connectivity index (χ3v) is 5.69. The summed E-state index contributed by atoms with van der Waals surface area (Å²) in [4.78, 5) is 41.0. The molecule has 2 unspecified atom stereocenters. The fourth-order valence-electron chi connectivity index (χ4n) is 3.94. The molecule has 8 nitrogen and oxygen atoms in total. The highest BCUT2D eigenvalue weighted by Crippen LogP contribution is 2.32. The second-order valence-electron chi connectivity index (χ2n) is 10.7. The normalized spacial score (nSPS) is 13.1. The van der Waals surface area contributed by atoms with Crippen LogP contribution in [0.1, 0.15) is 104 Å². The van der Waals surface area contributed by atoms with Crippen LogP contribution in [-0.2, 0) is 14.3 Å². The smallest absolute Gasteiger partial charge is 0.408 e. The van der Waals surface area contributed by atoms with Gasteiger partial charge < -0.3 is 25.4 Å². The van der Waals surface area contributed by atoms with Gasteiger partial charge in [-0.2, -0.15) is 0 Å². The van der Waals surface area contributed by atoms with E-state index in [9.17, 15) is 19.5 Å². The minimum atomic E-state index is -1.04. The molecular formula is C28H47N3O5. The van der Waals surface area contributed by atoms with E-state index in [0.29, 0.717) is 24.1 Å². The molecule has 2 atom stereocenters. The Hall–Kier alpha value is -2.77. The highest BCUT2D eigenvalue weighted by atomic mass is 16.6.